The zero-order valence-electron chi connectivity index (χ0n) is 12.5. The lowest BCUT2D eigenvalue weighted by atomic mass is 9.94. The number of carbonyl (C=O) groups is 1. The molecule has 0 radical (unpaired) electrons. The van der Waals surface area contributed by atoms with Crippen molar-refractivity contribution in [2.75, 3.05) is 7.11 Å². The lowest BCUT2D eigenvalue weighted by Crippen LogP contribution is -2.20. The summed E-state index contributed by atoms with van der Waals surface area (Å²) in [7, 11) is 1.65. The number of ether oxygens (including phenoxy) is 2. The van der Waals surface area contributed by atoms with E-state index in [2.05, 4.69) is 0 Å². The lowest BCUT2D eigenvalue weighted by Gasteiger charge is -2.26. The van der Waals surface area contributed by atoms with Gasteiger partial charge in [-0.3, -0.25) is 4.79 Å². The van der Waals surface area contributed by atoms with Gasteiger partial charge in [-0.15, -0.1) is 0 Å². The van der Waals surface area contributed by atoms with Gasteiger partial charge < -0.3 is 9.47 Å². The summed E-state index contributed by atoms with van der Waals surface area (Å²) in [5, 5.41) is 0. The highest BCUT2D eigenvalue weighted by molar-refractivity contribution is 6.00. The average Bonchev–Trinajstić information content (AvgIpc) is 2.47. The summed E-state index contributed by atoms with van der Waals surface area (Å²) in [4.78, 5) is 12.3. The number of aryl methyl sites for hydroxylation is 2. The van der Waals surface area contributed by atoms with E-state index in [0.29, 0.717) is 17.7 Å². The molecule has 1 aliphatic rings. The van der Waals surface area contributed by atoms with Gasteiger partial charge in [-0.05, 0) is 49.2 Å². The van der Waals surface area contributed by atoms with Crippen molar-refractivity contribution in [3.63, 3.8) is 0 Å². The standard InChI is InChI=1S/C18H18O3/c1-11-4-6-17-14(8-11)15(19)10-18(21-17)13-5-7-16(20-3)12(2)9-13/h4-9,18H,10H2,1-3H3. The summed E-state index contributed by atoms with van der Waals surface area (Å²) in [6.45, 7) is 3.97. The largest absolute Gasteiger partial charge is 0.496 e. The average molecular weight is 282 g/mol. The number of methoxy groups -OCH3 is 1. The number of hydrogen-bond acceptors (Lipinski definition) is 3. The molecule has 1 aliphatic heterocycles. The molecule has 1 heterocycles. The van der Waals surface area contributed by atoms with E-state index in [4.69, 9.17) is 9.47 Å². The zero-order valence-corrected chi connectivity index (χ0v) is 12.5. The molecule has 3 rings (SSSR count). The molecule has 2 aromatic rings. The normalized spacial score (nSPS) is 17.1. The Bertz CT molecular complexity index is 704. The Morgan fingerprint density at radius 1 is 1.14 bits per heavy atom. The van der Waals surface area contributed by atoms with E-state index < -0.39 is 0 Å². The first-order valence-corrected chi connectivity index (χ1v) is 7.03. The quantitative estimate of drug-likeness (QED) is 0.834. The maximum Gasteiger partial charge on any atom is 0.170 e. The van der Waals surface area contributed by atoms with Gasteiger partial charge in [0.05, 0.1) is 19.1 Å². The second-order valence-electron chi connectivity index (χ2n) is 5.46. The van der Waals surface area contributed by atoms with Crippen LogP contribution in [0.15, 0.2) is 36.4 Å². The van der Waals surface area contributed by atoms with Crippen molar-refractivity contribution in [1.82, 2.24) is 0 Å². The van der Waals surface area contributed by atoms with Crippen LogP contribution in [0.1, 0.15) is 39.6 Å². The fourth-order valence-corrected chi connectivity index (χ4v) is 2.73. The van der Waals surface area contributed by atoms with Gasteiger partial charge in [-0.1, -0.05) is 17.7 Å². The maximum absolute atomic E-state index is 12.3. The molecule has 1 atom stereocenters. The Hall–Kier alpha value is -2.29. The highest BCUT2D eigenvalue weighted by Gasteiger charge is 2.27. The van der Waals surface area contributed by atoms with Gasteiger partial charge in [0.1, 0.15) is 17.6 Å². The third-order valence-corrected chi connectivity index (χ3v) is 3.87. The molecule has 0 spiro atoms. The molecule has 0 aromatic heterocycles. The van der Waals surface area contributed by atoms with E-state index >= 15 is 0 Å². The molecule has 0 amide bonds. The van der Waals surface area contributed by atoms with E-state index in [1.54, 1.807) is 7.11 Å². The van der Waals surface area contributed by atoms with Crippen LogP contribution in [0.25, 0.3) is 0 Å². The van der Waals surface area contributed by atoms with Crippen LogP contribution in [-0.4, -0.2) is 12.9 Å². The second kappa shape index (κ2) is 5.24. The van der Waals surface area contributed by atoms with Crippen molar-refractivity contribution >= 4 is 5.78 Å². The van der Waals surface area contributed by atoms with Crippen molar-refractivity contribution in [1.29, 1.82) is 0 Å². The molecule has 3 nitrogen and oxygen atoms in total. The molecule has 0 N–H and O–H groups in total. The van der Waals surface area contributed by atoms with Gasteiger partial charge in [-0.2, -0.15) is 0 Å². The van der Waals surface area contributed by atoms with Crippen molar-refractivity contribution in [2.45, 2.75) is 26.4 Å². The summed E-state index contributed by atoms with van der Waals surface area (Å²) in [6.07, 6.45) is 0.152. The summed E-state index contributed by atoms with van der Waals surface area (Å²) in [5.41, 5.74) is 3.81. The third-order valence-electron chi connectivity index (χ3n) is 3.87. The minimum atomic E-state index is -0.225. The Balaban J connectivity index is 1.94. The van der Waals surface area contributed by atoms with Crippen LogP contribution in [0, 0.1) is 13.8 Å². The van der Waals surface area contributed by atoms with Crippen LogP contribution < -0.4 is 9.47 Å². The minimum absolute atomic E-state index is 0.137. The second-order valence-corrected chi connectivity index (χ2v) is 5.46. The number of fused-ring (bicyclic) bond motifs is 1. The Morgan fingerprint density at radius 2 is 1.95 bits per heavy atom. The molecule has 3 heteroatoms. The summed E-state index contributed by atoms with van der Waals surface area (Å²) >= 11 is 0. The van der Waals surface area contributed by atoms with Crippen molar-refractivity contribution in [3.8, 4) is 11.5 Å². The van der Waals surface area contributed by atoms with Crippen LogP contribution >= 0.6 is 0 Å². The molecule has 0 saturated heterocycles. The van der Waals surface area contributed by atoms with Crippen LogP contribution in [0.3, 0.4) is 0 Å². The summed E-state index contributed by atoms with van der Waals surface area (Å²) in [6, 6.07) is 11.6. The predicted molar refractivity (Wildman–Crippen MR) is 81.2 cm³/mol. The first kappa shape index (κ1) is 13.7. The SMILES string of the molecule is COc1ccc(C2CC(=O)c3cc(C)ccc3O2)cc1C. The molecular weight excluding hydrogens is 264 g/mol. The highest BCUT2D eigenvalue weighted by atomic mass is 16.5. The zero-order chi connectivity index (χ0) is 15.0. The minimum Gasteiger partial charge on any atom is -0.496 e. The van der Waals surface area contributed by atoms with Gasteiger partial charge in [0.2, 0.25) is 0 Å². The predicted octanol–water partition coefficient (Wildman–Crippen LogP) is 4.02. The molecule has 1 unspecified atom stereocenters. The van der Waals surface area contributed by atoms with E-state index in [1.807, 2.05) is 50.2 Å². The van der Waals surface area contributed by atoms with Gasteiger partial charge >= 0.3 is 0 Å². The Kier molecular flexibility index (Phi) is 3.42. The van der Waals surface area contributed by atoms with Gasteiger partial charge in [0, 0.05) is 0 Å². The van der Waals surface area contributed by atoms with Crippen LogP contribution in [0.2, 0.25) is 0 Å². The number of carbonyl (C=O) groups excluding carboxylic acids is 1. The highest BCUT2D eigenvalue weighted by Crippen LogP contribution is 2.36. The molecule has 0 bridgehead atoms. The van der Waals surface area contributed by atoms with E-state index in [1.165, 1.54) is 0 Å². The molecule has 0 saturated carbocycles. The fourth-order valence-electron chi connectivity index (χ4n) is 2.73. The first-order chi connectivity index (χ1) is 10.1. The first-order valence-electron chi connectivity index (χ1n) is 7.03. The van der Waals surface area contributed by atoms with Gasteiger partial charge in [0.15, 0.2) is 5.78 Å². The number of hydrogen-bond donors (Lipinski definition) is 0. The lowest BCUT2D eigenvalue weighted by molar-refractivity contribution is 0.0850. The molecule has 0 aliphatic carbocycles. The third kappa shape index (κ3) is 2.51. The van der Waals surface area contributed by atoms with Gasteiger partial charge in [0.25, 0.3) is 0 Å². The summed E-state index contributed by atoms with van der Waals surface area (Å²) < 4.78 is 11.3. The van der Waals surface area contributed by atoms with E-state index in [0.717, 1.165) is 22.4 Å². The smallest absolute Gasteiger partial charge is 0.170 e. The van der Waals surface area contributed by atoms with E-state index in [9.17, 15) is 4.79 Å². The molecule has 2 aromatic carbocycles. The van der Waals surface area contributed by atoms with E-state index in [-0.39, 0.29) is 11.9 Å². The molecule has 21 heavy (non-hydrogen) atoms. The fraction of sp³-hybridized carbons (Fsp3) is 0.278. The number of rotatable bonds is 2. The molecule has 108 valence electrons. The summed E-state index contributed by atoms with van der Waals surface area (Å²) in [5.74, 6) is 1.66. The van der Waals surface area contributed by atoms with Crippen LogP contribution in [0.5, 0.6) is 11.5 Å². The number of ketones is 1. The number of Topliss-reactive ketones (excluding diaryl/α,β-unsaturated/α-hetero) is 1. The molecule has 0 fully saturated rings. The molecular formula is C18H18O3. The van der Waals surface area contributed by atoms with Crippen molar-refractivity contribution in [3.05, 3.63) is 58.7 Å². The topological polar surface area (TPSA) is 35.5 Å². The van der Waals surface area contributed by atoms with Gasteiger partial charge in [-0.25, -0.2) is 0 Å². The van der Waals surface area contributed by atoms with Crippen LogP contribution in [-0.2, 0) is 0 Å². The number of benzene rings is 2. The van der Waals surface area contributed by atoms with Crippen molar-refractivity contribution < 1.29 is 14.3 Å². The van der Waals surface area contributed by atoms with Crippen LogP contribution in [0.4, 0.5) is 0 Å². The van der Waals surface area contributed by atoms with Crippen molar-refractivity contribution in [2.24, 2.45) is 0 Å². The monoisotopic (exact) mass is 282 g/mol. The Labute approximate surface area is 124 Å². The Morgan fingerprint density at radius 3 is 2.67 bits per heavy atom. The maximum atomic E-state index is 12.3.